The van der Waals surface area contributed by atoms with Crippen molar-refractivity contribution in [3.8, 4) is 5.75 Å². The predicted molar refractivity (Wildman–Crippen MR) is 130 cm³/mol. The quantitative estimate of drug-likeness (QED) is 0.675. The van der Waals surface area contributed by atoms with Gasteiger partial charge in [-0.3, -0.25) is 24.6 Å². The molecule has 2 saturated heterocycles. The largest absolute Gasteiger partial charge is 0.489 e. The van der Waals surface area contributed by atoms with E-state index in [1.807, 2.05) is 18.2 Å². The van der Waals surface area contributed by atoms with Gasteiger partial charge in [-0.05, 0) is 73.9 Å². The van der Waals surface area contributed by atoms with Crippen molar-refractivity contribution in [2.24, 2.45) is 0 Å². The second-order valence-electron chi connectivity index (χ2n) is 10.3. The molecule has 1 N–H and O–H groups in total. The number of nitrogens with one attached hydrogen (secondary N) is 1. The van der Waals surface area contributed by atoms with Crippen LogP contribution in [0.4, 0.5) is 0 Å². The van der Waals surface area contributed by atoms with Crippen LogP contribution in [0.2, 0.25) is 0 Å². The molecule has 2 unspecified atom stereocenters. The van der Waals surface area contributed by atoms with Crippen LogP contribution in [-0.2, 0) is 16.1 Å². The van der Waals surface area contributed by atoms with Gasteiger partial charge in [-0.1, -0.05) is 30.3 Å². The van der Waals surface area contributed by atoms with Crippen LogP contribution in [-0.4, -0.2) is 58.8 Å². The molecule has 6 rings (SSSR count). The number of hydrogen-bond donors (Lipinski definition) is 1. The number of piperidine rings is 1. The molecule has 4 atom stereocenters. The van der Waals surface area contributed by atoms with E-state index in [4.69, 9.17) is 4.74 Å². The maximum absolute atomic E-state index is 13.0. The van der Waals surface area contributed by atoms with Crippen LogP contribution in [0.5, 0.6) is 5.75 Å². The number of likely N-dealkylation sites (tertiary alicyclic amines) is 1. The van der Waals surface area contributed by atoms with E-state index in [1.54, 1.807) is 4.90 Å². The lowest BCUT2D eigenvalue weighted by molar-refractivity contribution is -0.136. The van der Waals surface area contributed by atoms with Gasteiger partial charge in [0.05, 0.1) is 0 Å². The van der Waals surface area contributed by atoms with Crippen molar-refractivity contribution in [2.45, 2.75) is 69.2 Å². The van der Waals surface area contributed by atoms with E-state index >= 15 is 0 Å². The van der Waals surface area contributed by atoms with Crippen molar-refractivity contribution >= 4 is 17.7 Å². The Morgan fingerprint density at radius 3 is 2.63 bits per heavy atom. The van der Waals surface area contributed by atoms with Gasteiger partial charge in [0.15, 0.2) is 0 Å². The molecule has 4 aliphatic rings. The van der Waals surface area contributed by atoms with Gasteiger partial charge in [-0.25, -0.2) is 0 Å². The number of hydrogen-bond acceptors (Lipinski definition) is 5. The Morgan fingerprint density at radius 2 is 1.80 bits per heavy atom. The highest BCUT2D eigenvalue weighted by Crippen LogP contribution is 2.36. The number of carbonyl (C=O) groups is 3. The highest BCUT2D eigenvalue weighted by Gasteiger charge is 2.40. The number of amides is 3. The van der Waals surface area contributed by atoms with Gasteiger partial charge in [0.2, 0.25) is 11.8 Å². The molecule has 182 valence electrons. The van der Waals surface area contributed by atoms with E-state index in [1.165, 1.54) is 12.0 Å². The Bertz CT molecular complexity index is 1150. The highest BCUT2D eigenvalue weighted by molar-refractivity contribution is 6.05. The van der Waals surface area contributed by atoms with Crippen LogP contribution in [0.15, 0.2) is 48.5 Å². The summed E-state index contributed by atoms with van der Waals surface area (Å²) in [6, 6.07) is 16.3. The third kappa shape index (κ3) is 4.22. The number of carbonyl (C=O) groups excluding carboxylic acids is 3. The summed E-state index contributed by atoms with van der Waals surface area (Å²) in [5, 5.41) is 2.36. The SMILES string of the molecule is O=C1CCC(N2Cc3cc(O[C@@H]4CCC[C@@H]4N4CCC(c5ccccc5)C4)ccc3C2=O)C(=O)N1. The molecule has 0 spiro atoms. The van der Waals surface area contributed by atoms with Gasteiger partial charge < -0.3 is 9.64 Å². The molecule has 1 aliphatic carbocycles. The Balaban J connectivity index is 1.12. The highest BCUT2D eigenvalue weighted by atomic mass is 16.5. The number of benzene rings is 2. The molecule has 2 aromatic carbocycles. The fourth-order valence-corrected chi connectivity index (χ4v) is 6.35. The predicted octanol–water partition coefficient (Wildman–Crippen LogP) is 3.24. The van der Waals surface area contributed by atoms with Crippen molar-refractivity contribution < 1.29 is 19.1 Å². The molecule has 1 saturated carbocycles. The molecular weight excluding hydrogens is 442 g/mol. The summed E-state index contributed by atoms with van der Waals surface area (Å²) < 4.78 is 6.52. The maximum atomic E-state index is 13.0. The molecule has 0 radical (unpaired) electrons. The smallest absolute Gasteiger partial charge is 0.255 e. The van der Waals surface area contributed by atoms with Gasteiger partial charge in [-0.15, -0.1) is 0 Å². The monoisotopic (exact) mass is 473 g/mol. The summed E-state index contributed by atoms with van der Waals surface area (Å²) in [7, 11) is 0. The van der Waals surface area contributed by atoms with E-state index in [9.17, 15) is 14.4 Å². The van der Waals surface area contributed by atoms with Gasteiger partial charge in [0.1, 0.15) is 17.9 Å². The number of imide groups is 1. The van der Waals surface area contributed by atoms with Crippen LogP contribution >= 0.6 is 0 Å². The molecular formula is C28H31N3O4. The first kappa shape index (κ1) is 22.3. The summed E-state index contributed by atoms with van der Waals surface area (Å²) >= 11 is 0. The molecule has 2 aromatic rings. The minimum atomic E-state index is -0.594. The lowest BCUT2D eigenvalue weighted by Crippen LogP contribution is -2.52. The zero-order chi connectivity index (χ0) is 23.9. The molecule has 0 aromatic heterocycles. The minimum Gasteiger partial charge on any atom is -0.489 e. The Kier molecular flexibility index (Phi) is 5.80. The van der Waals surface area contributed by atoms with Crippen molar-refractivity contribution in [3.05, 3.63) is 65.2 Å². The molecule has 35 heavy (non-hydrogen) atoms. The first-order chi connectivity index (χ1) is 17.1. The Labute approximate surface area is 205 Å². The number of nitrogens with zero attached hydrogens (tertiary/aromatic N) is 2. The normalized spacial score (nSPS) is 28.9. The van der Waals surface area contributed by atoms with Crippen LogP contribution in [0.3, 0.4) is 0 Å². The zero-order valence-corrected chi connectivity index (χ0v) is 19.8. The summed E-state index contributed by atoms with van der Waals surface area (Å²) in [6.07, 6.45) is 5.31. The molecule has 3 amide bonds. The summed E-state index contributed by atoms with van der Waals surface area (Å²) in [5.74, 6) is 0.570. The standard InChI is InChI=1S/C28H31N3O4/c32-26-12-11-24(27(33)29-26)31-17-20-15-21(9-10-22(20)28(31)34)35-25-8-4-7-23(25)30-14-13-19(16-30)18-5-2-1-3-6-18/h1-3,5-6,9-10,15,19,23-25H,4,7-8,11-14,16-17H2,(H,29,32,33)/t19?,23-,24?,25+/m0/s1. The van der Waals surface area contributed by atoms with E-state index in [-0.39, 0.29) is 30.2 Å². The fourth-order valence-electron chi connectivity index (χ4n) is 6.35. The van der Waals surface area contributed by atoms with E-state index in [2.05, 4.69) is 40.5 Å². The van der Waals surface area contributed by atoms with Crippen molar-refractivity contribution in [3.63, 3.8) is 0 Å². The van der Waals surface area contributed by atoms with Gasteiger partial charge in [-0.2, -0.15) is 0 Å². The average Bonchev–Trinajstić information content (AvgIpc) is 3.59. The van der Waals surface area contributed by atoms with Gasteiger partial charge in [0.25, 0.3) is 5.91 Å². The first-order valence-corrected chi connectivity index (χ1v) is 12.8. The summed E-state index contributed by atoms with van der Waals surface area (Å²) in [5.41, 5.74) is 2.93. The Hall–Kier alpha value is -3.19. The third-order valence-electron chi connectivity index (χ3n) is 8.16. The van der Waals surface area contributed by atoms with Crippen LogP contribution in [0.25, 0.3) is 0 Å². The Morgan fingerprint density at radius 1 is 0.943 bits per heavy atom. The minimum absolute atomic E-state index is 0.144. The fraction of sp³-hybridized carbons (Fsp3) is 0.464. The maximum Gasteiger partial charge on any atom is 0.255 e. The molecule has 3 aliphatic heterocycles. The molecule has 3 fully saturated rings. The second kappa shape index (κ2) is 9.11. The topological polar surface area (TPSA) is 79.0 Å². The average molecular weight is 474 g/mol. The zero-order valence-electron chi connectivity index (χ0n) is 19.8. The number of fused-ring (bicyclic) bond motifs is 1. The second-order valence-corrected chi connectivity index (χ2v) is 10.3. The lowest BCUT2D eigenvalue weighted by atomic mass is 9.99. The summed E-state index contributed by atoms with van der Waals surface area (Å²) in [6.45, 7) is 2.55. The number of rotatable bonds is 5. The molecule has 0 bridgehead atoms. The number of ether oxygens (including phenoxy) is 1. The van der Waals surface area contributed by atoms with E-state index in [0.29, 0.717) is 30.5 Å². The van der Waals surface area contributed by atoms with Crippen LogP contribution in [0, 0.1) is 0 Å². The first-order valence-electron chi connectivity index (χ1n) is 12.8. The molecule has 3 heterocycles. The van der Waals surface area contributed by atoms with Crippen molar-refractivity contribution in [1.29, 1.82) is 0 Å². The van der Waals surface area contributed by atoms with Gasteiger partial charge >= 0.3 is 0 Å². The van der Waals surface area contributed by atoms with Crippen LogP contribution in [0.1, 0.15) is 65.9 Å². The van der Waals surface area contributed by atoms with Crippen LogP contribution < -0.4 is 10.1 Å². The van der Waals surface area contributed by atoms with E-state index < -0.39 is 6.04 Å². The lowest BCUT2D eigenvalue weighted by Gasteiger charge is -2.30. The molecule has 7 nitrogen and oxygen atoms in total. The third-order valence-corrected chi connectivity index (χ3v) is 8.16. The van der Waals surface area contributed by atoms with E-state index in [0.717, 1.165) is 43.7 Å². The van der Waals surface area contributed by atoms with Gasteiger partial charge in [0, 0.05) is 31.1 Å². The molecule has 7 heteroatoms. The van der Waals surface area contributed by atoms with Crippen molar-refractivity contribution in [2.75, 3.05) is 13.1 Å². The summed E-state index contributed by atoms with van der Waals surface area (Å²) in [4.78, 5) is 41.0. The van der Waals surface area contributed by atoms with Crippen molar-refractivity contribution in [1.82, 2.24) is 15.1 Å².